The molecular formula is C36H24ClN. The summed E-state index contributed by atoms with van der Waals surface area (Å²) in [5.41, 5.74) is 10.7. The summed E-state index contributed by atoms with van der Waals surface area (Å²) in [4.78, 5) is 0. The summed E-state index contributed by atoms with van der Waals surface area (Å²) in [6, 6.07) is 51.6. The van der Waals surface area contributed by atoms with Gasteiger partial charge in [0.25, 0.3) is 0 Å². The molecule has 1 nitrogen and oxygen atoms in total. The van der Waals surface area contributed by atoms with Gasteiger partial charge >= 0.3 is 0 Å². The first-order valence-electron chi connectivity index (χ1n) is 12.8. The second-order valence-corrected chi connectivity index (χ2v) is 10.0. The lowest BCUT2D eigenvalue weighted by atomic mass is 10.0. The minimum absolute atomic E-state index is 0.748. The number of aromatic nitrogens is 1. The van der Waals surface area contributed by atoms with E-state index in [1.165, 1.54) is 44.1 Å². The van der Waals surface area contributed by atoms with Gasteiger partial charge in [-0.1, -0.05) is 109 Å². The lowest BCUT2D eigenvalue weighted by Gasteiger charge is -2.10. The highest BCUT2D eigenvalue weighted by Crippen LogP contribution is 2.37. The van der Waals surface area contributed by atoms with Gasteiger partial charge in [0.1, 0.15) is 0 Å². The van der Waals surface area contributed by atoms with E-state index in [2.05, 4.69) is 132 Å². The molecule has 0 spiro atoms. The molecule has 0 aliphatic heterocycles. The van der Waals surface area contributed by atoms with Gasteiger partial charge in [0, 0.05) is 21.5 Å². The molecule has 1 aromatic heterocycles. The molecule has 1 heterocycles. The van der Waals surface area contributed by atoms with Crippen LogP contribution in [0.5, 0.6) is 0 Å². The van der Waals surface area contributed by atoms with Crippen LogP contribution in [0.3, 0.4) is 0 Å². The van der Waals surface area contributed by atoms with Gasteiger partial charge in [0.05, 0.1) is 11.0 Å². The summed E-state index contributed by atoms with van der Waals surface area (Å²) in [5, 5.41) is 3.24. The predicted octanol–water partition coefficient (Wildman–Crippen LogP) is 10.4. The maximum absolute atomic E-state index is 6.25. The fourth-order valence-electron chi connectivity index (χ4n) is 5.39. The summed E-state index contributed by atoms with van der Waals surface area (Å²) in [6.07, 6.45) is 0. The Kier molecular flexibility index (Phi) is 5.57. The van der Waals surface area contributed by atoms with E-state index in [4.69, 9.17) is 11.6 Å². The molecule has 0 radical (unpaired) electrons. The van der Waals surface area contributed by atoms with Crippen LogP contribution < -0.4 is 0 Å². The highest BCUT2D eigenvalue weighted by atomic mass is 35.5. The van der Waals surface area contributed by atoms with Crippen molar-refractivity contribution in [1.82, 2.24) is 4.57 Å². The van der Waals surface area contributed by atoms with Gasteiger partial charge in [-0.05, 0) is 81.9 Å². The number of benzene rings is 6. The number of halogens is 1. The molecule has 0 fully saturated rings. The minimum atomic E-state index is 0.748. The Labute approximate surface area is 227 Å². The van der Waals surface area contributed by atoms with Crippen LogP contribution >= 0.6 is 11.6 Å². The van der Waals surface area contributed by atoms with Crippen molar-refractivity contribution in [2.24, 2.45) is 0 Å². The largest absolute Gasteiger partial charge is 0.309 e. The number of hydrogen-bond acceptors (Lipinski definition) is 0. The van der Waals surface area contributed by atoms with Gasteiger partial charge in [0.15, 0.2) is 0 Å². The Morgan fingerprint density at radius 3 is 1.34 bits per heavy atom. The molecule has 7 aromatic rings. The normalized spacial score (nSPS) is 11.3. The molecule has 2 heteroatoms. The molecule has 6 aromatic carbocycles. The number of hydrogen-bond donors (Lipinski definition) is 0. The van der Waals surface area contributed by atoms with Crippen molar-refractivity contribution in [2.45, 2.75) is 0 Å². The Morgan fingerprint density at radius 2 is 0.816 bits per heavy atom. The molecule has 180 valence electrons. The summed E-state index contributed by atoms with van der Waals surface area (Å²) >= 11 is 6.25. The molecule has 0 bridgehead atoms. The molecule has 0 amide bonds. The molecule has 0 aliphatic rings. The minimum Gasteiger partial charge on any atom is -0.309 e. The smallest absolute Gasteiger partial charge is 0.0541 e. The molecule has 38 heavy (non-hydrogen) atoms. The first kappa shape index (κ1) is 22.6. The van der Waals surface area contributed by atoms with Crippen molar-refractivity contribution in [3.8, 4) is 39.1 Å². The molecule has 0 N–H and O–H groups in total. The maximum Gasteiger partial charge on any atom is 0.0541 e. The van der Waals surface area contributed by atoms with Crippen LogP contribution in [0.4, 0.5) is 0 Å². The Bertz CT molecular complexity index is 1800. The third kappa shape index (κ3) is 3.98. The van der Waals surface area contributed by atoms with Gasteiger partial charge in [-0.15, -0.1) is 0 Å². The quantitative estimate of drug-likeness (QED) is 0.224. The molecule has 7 rings (SSSR count). The lowest BCUT2D eigenvalue weighted by molar-refractivity contribution is 1.18. The van der Waals surface area contributed by atoms with Crippen molar-refractivity contribution in [3.05, 3.63) is 151 Å². The van der Waals surface area contributed by atoms with Crippen LogP contribution in [-0.4, -0.2) is 4.57 Å². The molecule has 0 saturated heterocycles. The van der Waals surface area contributed by atoms with Crippen LogP contribution in [0.15, 0.2) is 146 Å². The number of nitrogens with zero attached hydrogens (tertiary/aromatic N) is 1. The Balaban J connectivity index is 1.44. The van der Waals surface area contributed by atoms with Gasteiger partial charge in [-0.3, -0.25) is 0 Å². The van der Waals surface area contributed by atoms with Crippen molar-refractivity contribution in [1.29, 1.82) is 0 Å². The third-order valence-corrected chi connectivity index (χ3v) is 7.50. The fraction of sp³-hybridized carbons (Fsp3) is 0. The number of fused-ring (bicyclic) bond motifs is 3. The molecule has 0 unspecified atom stereocenters. The van der Waals surface area contributed by atoms with Crippen LogP contribution in [-0.2, 0) is 0 Å². The van der Waals surface area contributed by atoms with E-state index in [1.807, 2.05) is 18.2 Å². The first-order chi connectivity index (χ1) is 18.7. The van der Waals surface area contributed by atoms with Gasteiger partial charge in [0.2, 0.25) is 0 Å². The van der Waals surface area contributed by atoms with Gasteiger partial charge in [-0.2, -0.15) is 0 Å². The van der Waals surface area contributed by atoms with Crippen molar-refractivity contribution in [2.75, 3.05) is 0 Å². The van der Waals surface area contributed by atoms with Crippen LogP contribution in [0.25, 0.3) is 60.9 Å². The van der Waals surface area contributed by atoms with Crippen LogP contribution in [0.2, 0.25) is 5.02 Å². The van der Waals surface area contributed by atoms with E-state index in [0.29, 0.717) is 0 Å². The van der Waals surface area contributed by atoms with E-state index in [0.717, 1.165) is 21.8 Å². The zero-order valence-corrected chi connectivity index (χ0v) is 21.4. The average molecular weight is 506 g/mol. The first-order valence-corrected chi connectivity index (χ1v) is 13.2. The average Bonchev–Trinajstić information content (AvgIpc) is 3.31. The third-order valence-electron chi connectivity index (χ3n) is 7.26. The zero-order chi connectivity index (χ0) is 25.5. The zero-order valence-electron chi connectivity index (χ0n) is 20.7. The van der Waals surface area contributed by atoms with E-state index < -0.39 is 0 Å². The Morgan fingerprint density at radius 1 is 0.368 bits per heavy atom. The lowest BCUT2D eigenvalue weighted by Crippen LogP contribution is -1.94. The SMILES string of the molecule is Clc1cccc(-c2ccc(-n3c4ccc(-c5ccccc5)cc4c4cc(-c5ccccc5)ccc43)cc2)c1. The summed E-state index contributed by atoms with van der Waals surface area (Å²) < 4.78 is 2.37. The topological polar surface area (TPSA) is 4.93 Å². The second kappa shape index (κ2) is 9.37. The summed E-state index contributed by atoms with van der Waals surface area (Å²) in [7, 11) is 0. The molecule has 0 saturated carbocycles. The van der Waals surface area contributed by atoms with E-state index in [1.54, 1.807) is 0 Å². The van der Waals surface area contributed by atoms with Gasteiger partial charge in [-0.25, -0.2) is 0 Å². The van der Waals surface area contributed by atoms with Crippen molar-refractivity contribution >= 4 is 33.4 Å². The second-order valence-electron chi connectivity index (χ2n) is 9.59. The fourth-order valence-corrected chi connectivity index (χ4v) is 5.58. The van der Waals surface area contributed by atoms with Crippen molar-refractivity contribution < 1.29 is 0 Å². The summed E-state index contributed by atoms with van der Waals surface area (Å²) in [6.45, 7) is 0. The molecular weight excluding hydrogens is 482 g/mol. The van der Waals surface area contributed by atoms with Gasteiger partial charge < -0.3 is 4.57 Å². The molecule has 0 atom stereocenters. The van der Waals surface area contributed by atoms with Crippen molar-refractivity contribution in [3.63, 3.8) is 0 Å². The van der Waals surface area contributed by atoms with E-state index >= 15 is 0 Å². The maximum atomic E-state index is 6.25. The molecule has 0 aliphatic carbocycles. The summed E-state index contributed by atoms with van der Waals surface area (Å²) in [5.74, 6) is 0. The van der Waals surface area contributed by atoms with Crippen LogP contribution in [0, 0.1) is 0 Å². The standard InChI is InChI=1S/C36H24ClN/c37-31-13-7-12-28(22-31)27-14-18-32(19-15-27)38-35-20-16-29(25-8-3-1-4-9-25)23-33(35)34-24-30(17-21-36(34)38)26-10-5-2-6-11-26/h1-24H. The monoisotopic (exact) mass is 505 g/mol. The Hall–Kier alpha value is -4.59. The highest BCUT2D eigenvalue weighted by Gasteiger charge is 2.15. The predicted molar refractivity (Wildman–Crippen MR) is 162 cm³/mol. The van der Waals surface area contributed by atoms with E-state index in [-0.39, 0.29) is 0 Å². The highest BCUT2D eigenvalue weighted by molar-refractivity contribution is 6.30. The van der Waals surface area contributed by atoms with Crippen LogP contribution in [0.1, 0.15) is 0 Å². The van der Waals surface area contributed by atoms with E-state index in [9.17, 15) is 0 Å². The number of rotatable bonds is 4.